The van der Waals surface area contributed by atoms with Gasteiger partial charge in [0.25, 0.3) is 0 Å². The molecule has 72 valence electrons. The van der Waals surface area contributed by atoms with E-state index in [4.69, 9.17) is 0 Å². The molecule has 0 amide bonds. The minimum absolute atomic E-state index is 0. The summed E-state index contributed by atoms with van der Waals surface area (Å²) >= 11 is 0. The van der Waals surface area contributed by atoms with Gasteiger partial charge in [-0.3, -0.25) is 0 Å². The Labute approximate surface area is 86.2 Å². The van der Waals surface area contributed by atoms with Crippen LogP contribution in [0.2, 0.25) is 0 Å². The molecular formula is C11H16ClN. The summed E-state index contributed by atoms with van der Waals surface area (Å²) in [4.78, 5) is 2.32. The SMILES string of the molecule is CN(C)[C@@H]1C[C@H]1c1ccccc1.Cl. The zero-order chi connectivity index (χ0) is 8.55. The van der Waals surface area contributed by atoms with E-state index in [0.717, 1.165) is 12.0 Å². The molecule has 1 aliphatic carbocycles. The number of halogens is 1. The molecule has 0 N–H and O–H groups in total. The molecule has 0 unspecified atom stereocenters. The Bertz CT molecular complexity index is 258. The summed E-state index contributed by atoms with van der Waals surface area (Å²) in [5.74, 6) is 0.793. The summed E-state index contributed by atoms with van der Waals surface area (Å²) in [6.07, 6.45) is 1.33. The van der Waals surface area contributed by atoms with E-state index in [0.29, 0.717) is 0 Å². The molecule has 0 bridgehead atoms. The zero-order valence-electron chi connectivity index (χ0n) is 8.10. The third-order valence-electron chi connectivity index (χ3n) is 2.65. The van der Waals surface area contributed by atoms with E-state index in [1.165, 1.54) is 12.0 Å². The molecule has 0 aromatic heterocycles. The van der Waals surface area contributed by atoms with Crippen molar-refractivity contribution < 1.29 is 0 Å². The Balaban J connectivity index is 0.000000845. The number of hydrogen-bond acceptors (Lipinski definition) is 1. The molecule has 0 radical (unpaired) electrons. The van der Waals surface area contributed by atoms with Crippen LogP contribution in [0.4, 0.5) is 0 Å². The van der Waals surface area contributed by atoms with Crippen LogP contribution in [0.25, 0.3) is 0 Å². The molecule has 2 heteroatoms. The minimum Gasteiger partial charge on any atom is -0.306 e. The molecule has 1 aliphatic rings. The van der Waals surface area contributed by atoms with Crippen LogP contribution in [-0.2, 0) is 0 Å². The van der Waals surface area contributed by atoms with Gasteiger partial charge in [-0.25, -0.2) is 0 Å². The second-order valence-electron chi connectivity index (χ2n) is 3.78. The van der Waals surface area contributed by atoms with Crippen molar-refractivity contribution >= 4 is 12.4 Å². The highest BCUT2D eigenvalue weighted by Gasteiger charge is 2.39. The van der Waals surface area contributed by atoms with E-state index >= 15 is 0 Å². The molecule has 1 saturated carbocycles. The molecule has 1 aromatic carbocycles. The van der Waals surface area contributed by atoms with E-state index in [2.05, 4.69) is 49.3 Å². The second kappa shape index (κ2) is 4.12. The summed E-state index contributed by atoms with van der Waals surface area (Å²) in [6, 6.07) is 11.6. The van der Waals surface area contributed by atoms with E-state index in [1.54, 1.807) is 0 Å². The molecule has 1 nitrogen and oxygen atoms in total. The monoisotopic (exact) mass is 197 g/mol. The van der Waals surface area contributed by atoms with Gasteiger partial charge in [0.2, 0.25) is 0 Å². The van der Waals surface area contributed by atoms with Crippen LogP contribution in [0, 0.1) is 0 Å². The maximum Gasteiger partial charge on any atom is 0.0165 e. The standard InChI is InChI=1S/C11H15N.ClH/c1-12(2)11-8-10(11)9-6-4-3-5-7-9;/h3-7,10-11H,8H2,1-2H3;1H/t10-,11+;/m0./s1. The molecule has 1 aromatic rings. The lowest BCUT2D eigenvalue weighted by Gasteiger charge is -2.08. The van der Waals surface area contributed by atoms with Gasteiger partial charge in [-0.1, -0.05) is 30.3 Å². The molecule has 0 aliphatic heterocycles. The number of hydrogen-bond donors (Lipinski definition) is 0. The molecule has 1 fully saturated rings. The van der Waals surface area contributed by atoms with Crippen molar-refractivity contribution in [2.24, 2.45) is 0 Å². The largest absolute Gasteiger partial charge is 0.306 e. The van der Waals surface area contributed by atoms with Crippen LogP contribution in [0.3, 0.4) is 0 Å². The first-order valence-corrected chi connectivity index (χ1v) is 4.50. The summed E-state index contributed by atoms with van der Waals surface area (Å²) in [5.41, 5.74) is 1.50. The van der Waals surface area contributed by atoms with E-state index in [9.17, 15) is 0 Å². The van der Waals surface area contributed by atoms with Gasteiger partial charge in [0, 0.05) is 12.0 Å². The summed E-state index contributed by atoms with van der Waals surface area (Å²) in [5, 5.41) is 0. The molecule has 0 spiro atoms. The highest BCUT2D eigenvalue weighted by atomic mass is 35.5. The van der Waals surface area contributed by atoms with Gasteiger partial charge < -0.3 is 4.90 Å². The van der Waals surface area contributed by atoms with Gasteiger partial charge in [0.1, 0.15) is 0 Å². The fourth-order valence-electron chi connectivity index (χ4n) is 1.81. The number of likely N-dealkylation sites (N-methyl/N-ethyl adjacent to an activating group) is 1. The third kappa shape index (κ3) is 2.23. The van der Waals surface area contributed by atoms with Gasteiger partial charge in [0.15, 0.2) is 0 Å². The molecule has 2 rings (SSSR count). The number of rotatable bonds is 2. The van der Waals surface area contributed by atoms with Gasteiger partial charge in [-0.05, 0) is 26.1 Å². The highest BCUT2D eigenvalue weighted by molar-refractivity contribution is 5.85. The van der Waals surface area contributed by atoms with Crippen molar-refractivity contribution in [1.29, 1.82) is 0 Å². The van der Waals surface area contributed by atoms with Crippen LogP contribution in [0.5, 0.6) is 0 Å². The van der Waals surface area contributed by atoms with Crippen molar-refractivity contribution in [2.75, 3.05) is 14.1 Å². The van der Waals surface area contributed by atoms with Gasteiger partial charge in [-0.15, -0.1) is 12.4 Å². The predicted molar refractivity (Wildman–Crippen MR) is 58.5 cm³/mol. The minimum atomic E-state index is 0. The molecular weight excluding hydrogens is 182 g/mol. The topological polar surface area (TPSA) is 3.24 Å². The van der Waals surface area contributed by atoms with E-state index in [-0.39, 0.29) is 12.4 Å². The van der Waals surface area contributed by atoms with Gasteiger partial charge in [0.05, 0.1) is 0 Å². The zero-order valence-corrected chi connectivity index (χ0v) is 8.92. The highest BCUT2D eigenvalue weighted by Crippen LogP contribution is 2.43. The van der Waals surface area contributed by atoms with E-state index < -0.39 is 0 Å². The smallest absolute Gasteiger partial charge is 0.0165 e. The quantitative estimate of drug-likeness (QED) is 0.705. The Kier molecular flexibility index (Phi) is 3.34. The first kappa shape index (κ1) is 10.6. The first-order chi connectivity index (χ1) is 5.79. The maximum atomic E-state index is 2.32. The average molecular weight is 198 g/mol. The summed E-state index contributed by atoms with van der Waals surface area (Å²) < 4.78 is 0. The van der Waals surface area contributed by atoms with Crippen molar-refractivity contribution in [3.8, 4) is 0 Å². The van der Waals surface area contributed by atoms with Crippen molar-refractivity contribution in [3.63, 3.8) is 0 Å². The predicted octanol–water partition coefficient (Wildman–Crippen LogP) is 2.53. The Morgan fingerprint density at radius 1 is 1.15 bits per heavy atom. The molecule has 13 heavy (non-hydrogen) atoms. The van der Waals surface area contributed by atoms with Gasteiger partial charge in [-0.2, -0.15) is 0 Å². The number of benzene rings is 1. The molecule has 0 saturated heterocycles. The van der Waals surface area contributed by atoms with E-state index in [1.807, 2.05) is 0 Å². The van der Waals surface area contributed by atoms with Crippen LogP contribution < -0.4 is 0 Å². The van der Waals surface area contributed by atoms with Crippen LogP contribution in [0.15, 0.2) is 30.3 Å². The third-order valence-corrected chi connectivity index (χ3v) is 2.65. The van der Waals surface area contributed by atoms with Crippen LogP contribution in [-0.4, -0.2) is 25.0 Å². The van der Waals surface area contributed by atoms with Crippen molar-refractivity contribution in [1.82, 2.24) is 4.90 Å². The fraction of sp³-hybridized carbons (Fsp3) is 0.455. The van der Waals surface area contributed by atoms with Crippen molar-refractivity contribution in [3.05, 3.63) is 35.9 Å². The normalized spacial score (nSPS) is 25.5. The summed E-state index contributed by atoms with van der Waals surface area (Å²) in [6.45, 7) is 0. The fourth-order valence-corrected chi connectivity index (χ4v) is 1.81. The molecule has 0 heterocycles. The Morgan fingerprint density at radius 3 is 2.23 bits per heavy atom. The second-order valence-corrected chi connectivity index (χ2v) is 3.78. The van der Waals surface area contributed by atoms with Gasteiger partial charge >= 0.3 is 0 Å². The lowest BCUT2D eigenvalue weighted by Crippen LogP contribution is -2.15. The maximum absolute atomic E-state index is 2.32. The van der Waals surface area contributed by atoms with Crippen molar-refractivity contribution in [2.45, 2.75) is 18.4 Å². The summed E-state index contributed by atoms with van der Waals surface area (Å²) in [7, 11) is 4.32. The lowest BCUT2D eigenvalue weighted by atomic mass is 10.1. The Morgan fingerprint density at radius 2 is 1.77 bits per heavy atom. The Hall–Kier alpha value is -0.530. The molecule has 2 atom stereocenters. The van der Waals surface area contributed by atoms with Crippen LogP contribution >= 0.6 is 12.4 Å². The van der Waals surface area contributed by atoms with Crippen LogP contribution in [0.1, 0.15) is 17.9 Å². The average Bonchev–Trinajstić information content (AvgIpc) is 2.84. The number of nitrogens with zero attached hydrogens (tertiary/aromatic N) is 1. The first-order valence-electron chi connectivity index (χ1n) is 4.50. The lowest BCUT2D eigenvalue weighted by molar-refractivity contribution is 0.391.